The Labute approximate surface area is 179 Å². The largest absolute Gasteiger partial charge is 0.497 e. The quantitative estimate of drug-likeness (QED) is 0.513. The summed E-state index contributed by atoms with van der Waals surface area (Å²) in [7, 11) is 3.35. The number of carbonyl (C=O) groups is 1. The van der Waals surface area contributed by atoms with Crippen LogP contribution in [0.15, 0.2) is 23.0 Å². The molecule has 160 valence electrons. The molecule has 0 bridgehead atoms. The number of rotatable bonds is 3. The minimum atomic E-state index is -1.83. The van der Waals surface area contributed by atoms with Gasteiger partial charge in [-0.3, -0.25) is 4.79 Å². The van der Waals surface area contributed by atoms with E-state index in [1.165, 1.54) is 0 Å². The molecular formula is C24H24N2O5. The van der Waals surface area contributed by atoms with Gasteiger partial charge in [0.2, 0.25) is 0 Å². The van der Waals surface area contributed by atoms with Crippen LogP contribution in [0.4, 0.5) is 0 Å². The van der Waals surface area contributed by atoms with Gasteiger partial charge in [0.1, 0.15) is 12.4 Å². The predicted molar refractivity (Wildman–Crippen MR) is 115 cm³/mol. The number of pyridine rings is 2. The number of aromatic nitrogens is 2. The van der Waals surface area contributed by atoms with Gasteiger partial charge < -0.3 is 19.1 Å². The summed E-state index contributed by atoms with van der Waals surface area (Å²) >= 11 is 0. The third-order valence-corrected chi connectivity index (χ3v) is 6.74. The van der Waals surface area contributed by atoms with Crippen molar-refractivity contribution in [3.8, 4) is 17.1 Å². The Balaban J connectivity index is 1.88. The molecule has 2 aromatic heterocycles. The van der Waals surface area contributed by atoms with Gasteiger partial charge in [-0.15, -0.1) is 0 Å². The second-order valence-corrected chi connectivity index (χ2v) is 8.17. The lowest BCUT2D eigenvalue weighted by Gasteiger charge is -2.33. The molecule has 2 aliphatic rings. The monoisotopic (exact) mass is 420 g/mol. The lowest BCUT2D eigenvalue weighted by Crippen LogP contribution is -2.45. The average molecular weight is 420 g/mol. The van der Waals surface area contributed by atoms with Crippen LogP contribution in [-0.2, 0) is 41.6 Å². The fourth-order valence-corrected chi connectivity index (χ4v) is 5.14. The zero-order valence-electron chi connectivity index (χ0n) is 18.0. The number of benzene rings is 1. The normalized spacial score (nSPS) is 19.1. The van der Waals surface area contributed by atoms with E-state index in [9.17, 15) is 14.7 Å². The Morgan fingerprint density at radius 2 is 2.00 bits per heavy atom. The Kier molecular flexibility index (Phi) is 4.24. The van der Waals surface area contributed by atoms with Crippen LogP contribution < -0.4 is 10.3 Å². The van der Waals surface area contributed by atoms with Crippen molar-refractivity contribution in [1.82, 2.24) is 9.55 Å². The van der Waals surface area contributed by atoms with Crippen molar-refractivity contribution in [2.45, 2.75) is 45.3 Å². The predicted octanol–water partition coefficient (Wildman–Crippen LogP) is 2.73. The number of aryl methyl sites for hydroxylation is 1. The van der Waals surface area contributed by atoms with Crippen molar-refractivity contribution in [2.24, 2.45) is 7.05 Å². The summed E-state index contributed by atoms with van der Waals surface area (Å²) in [6.45, 7) is 3.68. The molecule has 0 saturated carbocycles. The SMILES string of the molecule is CCc1c2c(nc3ccc(OC)cc13)-c1c(c3c(c(=O)n1C)COC(=O)C3(O)CC)C2. The molecule has 1 unspecified atom stereocenters. The highest BCUT2D eigenvalue weighted by molar-refractivity contribution is 5.92. The first-order valence-electron chi connectivity index (χ1n) is 10.5. The fraction of sp³-hybridized carbons (Fsp3) is 0.375. The Bertz CT molecular complexity index is 1340. The summed E-state index contributed by atoms with van der Waals surface area (Å²) in [4.78, 5) is 30.7. The molecule has 1 atom stereocenters. The van der Waals surface area contributed by atoms with Crippen molar-refractivity contribution in [2.75, 3.05) is 7.11 Å². The van der Waals surface area contributed by atoms with Gasteiger partial charge in [0, 0.05) is 24.4 Å². The van der Waals surface area contributed by atoms with Crippen LogP contribution in [0, 0.1) is 0 Å². The molecular weight excluding hydrogens is 396 g/mol. The Morgan fingerprint density at radius 3 is 2.68 bits per heavy atom. The van der Waals surface area contributed by atoms with Gasteiger partial charge >= 0.3 is 5.97 Å². The maximum Gasteiger partial charge on any atom is 0.343 e. The topological polar surface area (TPSA) is 90.6 Å². The van der Waals surface area contributed by atoms with E-state index in [4.69, 9.17) is 14.5 Å². The third kappa shape index (κ3) is 2.47. The van der Waals surface area contributed by atoms with Gasteiger partial charge in [0.25, 0.3) is 5.56 Å². The zero-order chi connectivity index (χ0) is 22.1. The number of aliphatic hydroxyl groups is 1. The van der Waals surface area contributed by atoms with Gasteiger partial charge in [-0.1, -0.05) is 13.8 Å². The van der Waals surface area contributed by atoms with Gasteiger partial charge in [-0.2, -0.15) is 0 Å². The van der Waals surface area contributed by atoms with Crippen molar-refractivity contribution in [3.63, 3.8) is 0 Å². The molecule has 3 aromatic rings. The van der Waals surface area contributed by atoms with E-state index < -0.39 is 11.6 Å². The molecule has 31 heavy (non-hydrogen) atoms. The number of methoxy groups -OCH3 is 1. The minimum Gasteiger partial charge on any atom is -0.497 e. The van der Waals surface area contributed by atoms with Crippen LogP contribution in [-0.4, -0.2) is 27.7 Å². The molecule has 1 aliphatic heterocycles. The van der Waals surface area contributed by atoms with Crippen LogP contribution in [0.25, 0.3) is 22.3 Å². The first kappa shape index (κ1) is 19.8. The first-order chi connectivity index (χ1) is 14.8. The van der Waals surface area contributed by atoms with Gasteiger partial charge in [-0.25, -0.2) is 9.78 Å². The molecule has 5 rings (SSSR count). The first-order valence-corrected chi connectivity index (χ1v) is 10.5. The van der Waals surface area contributed by atoms with E-state index in [1.807, 2.05) is 18.2 Å². The number of nitrogens with zero attached hydrogens (tertiary/aromatic N) is 2. The fourth-order valence-electron chi connectivity index (χ4n) is 5.14. The highest BCUT2D eigenvalue weighted by Crippen LogP contribution is 2.46. The maximum atomic E-state index is 13.2. The van der Waals surface area contributed by atoms with Crippen molar-refractivity contribution >= 4 is 16.9 Å². The smallest absolute Gasteiger partial charge is 0.343 e. The van der Waals surface area contributed by atoms with Crippen LogP contribution in [0.3, 0.4) is 0 Å². The third-order valence-electron chi connectivity index (χ3n) is 6.74. The van der Waals surface area contributed by atoms with E-state index in [1.54, 1.807) is 25.6 Å². The number of ether oxygens (including phenoxy) is 2. The van der Waals surface area contributed by atoms with Gasteiger partial charge in [-0.05, 0) is 47.7 Å². The summed E-state index contributed by atoms with van der Waals surface area (Å²) < 4.78 is 12.2. The molecule has 0 spiro atoms. The van der Waals surface area contributed by atoms with E-state index >= 15 is 0 Å². The molecule has 0 fully saturated rings. The lowest BCUT2D eigenvalue weighted by atomic mass is 9.82. The van der Waals surface area contributed by atoms with Crippen molar-refractivity contribution in [3.05, 3.63) is 56.4 Å². The van der Waals surface area contributed by atoms with Crippen LogP contribution in [0.2, 0.25) is 0 Å². The summed E-state index contributed by atoms with van der Waals surface area (Å²) in [6.07, 6.45) is 1.40. The van der Waals surface area contributed by atoms with E-state index in [2.05, 4.69) is 6.92 Å². The van der Waals surface area contributed by atoms with Gasteiger partial charge in [0.05, 0.1) is 29.6 Å². The lowest BCUT2D eigenvalue weighted by molar-refractivity contribution is -0.172. The molecule has 7 nitrogen and oxygen atoms in total. The minimum absolute atomic E-state index is 0.125. The molecule has 1 N–H and O–H groups in total. The summed E-state index contributed by atoms with van der Waals surface area (Å²) in [5, 5.41) is 12.3. The average Bonchev–Trinajstić information content (AvgIpc) is 3.15. The van der Waals surface area contributed by atoms with Crippen LogP contribution in [0.1, 0.15) is 48.1 Å². The van der Waals surface area contributed by atoms with Crippen molar-refractivity contribution in [1.29, 1.82) is 0 Å². The highest BCUT2D eigenvalue weighted by atomic mass is 16.6. The van der Waals surface area contributed by atoms with E-state index in [-0.39, 0.29) is 18.6 Å². The molecule has 0 saturated heterocycles. The standard InChI is InChI=1S/C24H24N2O5/c1-5-13-14-9-12(30-4)7-8-18(14)25-20-15(13)10-16-19-17(22(27)26(3)21(16)20)11-31-23(28)24(19,29)6-2/h7-9,29H,5-6,10-11H2,1-4H3. The number of fused-ring (bicyclic) bond motifs is 6. The van der Waals surface area contributed by atoms with Crippen LogP contribution in [0.5, 0.6) is 5.75 Å². The molecule has 3 heterocycles. The van der Waals surface area contributed by atoms with Gasteiger partial charge in [0.15, 0.2) is 5.60 Å². The van der Waals surface area contributed by atoms with E-state index in [0.717, 1.165) is 45.5 Å². The second-order valence-electron chi connectivity index (χ2n) is 8.17. The van der Waals surface area contributed by atoms with E-state index in [0.29, 0.717) is 23.2 Å². The van der Waals surface area contributed by atoms with Crippen LogP contribution >= 0.6 is 0 Å². The summed E-state index contributed by atoms with van der Waals surface area (Å²) in [5.74, 6) is 0.0554. The summed E-state index contributed by atoms with van der Waals surface area (Å²) in [5.41, 5.74) is 3.84. The molecule has 0 radical (unpaired) electrons. The Morgan fingerprint density at radius 1 is 1.23 bits per heavy atom. The number of hydrogen-bond acceptors (Lipinski definition) is 6. The zero-order valence-corrected chi connectivity index (χ0v) is 18.0. The maximum absolute atomic E-state index is 13.2. The Hall–Kier alpha value is -3.19. The number of esters is 1. The highest BCUT2D eigenvalue weighted by Gasteiger charge is 2.48. The number of cyclic esters (lactones) is 1. The molecule has 1 aromatic carbocycles. The molecule has 0 amide bonds. The molecule has 7 heteroatoms. The molecule has 1 aliphatic carbocycles. The number of carbonyl (C=O) groups excluding carboxylic acids is 1. The second kappa shape index (κ2) is 6.65. The van der Waals surface area contributed by atoms with Crippen molar-refractivity contribution < 1.29 is 19.4 Å². The number of hydrogen-bond donors (Lipinski definition) is 1. The summed E-state index contributed by atoms with van der Waals surface area (Å²) in [6, 6.07) is 5.77.